The number of nitrogens with two attached hydrogens (primary N) is 1. The fraction of sp³-hybridized carbons (Fsp3) is 0.650. The van der Waals surface area contributed by atoms with Crippen LogP contribution >= 0.6 is 0 Å². The quantitative estimate of drug-likeness (QED) is 0.387. The third-order valence-electron chi connectivity index (χ3n) is 4.58. The summed E-state index contributed by atoms with van der Waals surface area (Å²) in [5, 5.41) is 0. The second kappa shape index (κ2) is 10.2. The first-order valence-corrected chi connectivity index (χ1v) is 9.44. The monoisotopic (exact) mass is 333 g/mol. The lowest BCUT2D eigenvalue weighted by Crippen LogP contribution is -2.21. The number of esters is 1. The normalized spacial score (nSPS) is 15.2. The SMILES string of the molecule is CCCCCCCOc1cc(C(=O)OC2CCCCC2)ccc1N. The molecule has 24 heavy (non-hydrogen) atoms. The molecule has 0 amide bonds. The lowest BCUT2D eigenvalue weighted by atomic mass is 9.98. The summed E-state index contributed by atoms with van der Waals surface area (Å²) in [5.41, 5.74) is 7.05. The minimum Gasteiger partial charge on any atom is -0.491 e. The van der Waals surface area contributed by atoms with Crippen LogP contribution in [-0.4, -0.2) is 18.7 Å². The van der Waals surface area contributed by atoms with Gasteiger partial charge >= 0.3 is 5.97 Å². The second-order valence-corrected chi connectivity index (χ2v) is 6.68. The molecule has 0 unspecified atom stereocenters. The highest BCUT2D eigenvalue weighted by atomic mass is 16.5. The van der Waals surface area contributed by atoms with Crippen LogP contribution in [0.2, 0.25) is 0 Å². The predicted molar refractivity (Wildman–Crippen MR) is 97.4 cm³/mol. The average molecular weight is 333 g/mol. The van der Waals surface area contributed by atoms with Gasteiger partial charge in [-0.05, 0) is 50.3 Å². The van der Waals surface area contributed by atoms with Crippen molar-refractivity contribution in [2.75, 3.05) is 12.3 Å². The van der Waals surface area contributed by atoms with E-state index in [1.807, 2.05) is 0 Å². The molecular weight excluding hydrogens is 302 g/mol. The van der Waals surface area contributed by atoms with Gasteiger partial charge in [-0.25, -0.2) is 4.79 Å². The van der Waals surface area contributed by atoms with Gasteiger partial charge in [-0.2, -0.15) is 0 Å². The number of carbonyl (C=O) groups is 1. The first-order chi connectivity index (χ1) is 11.7. The highest BCUT2D eigenvalue weighted by Gasteiger charge is 2.19. The van der Waals surface area contributed by atoms with Gasteiger partial charge < -0.3 is 15.2 Å². The van der Waals surface area contributed by atoms with Crippen LogP contribution < -0.4 is 10.5 Å². The molecule has 0 heterocycles. The molecule has 0 saturated heterocycles. The van der Waals surface area contributed by atoms with Crippen molar-refractivity contribution >= 4 is 11.7 Å². The Morgan fingerprint density at radius 3 is 2.62 bits per heavy atom. The number of unbranched alkanes of at least 4 members (excludes halogenated alkanes) is 4. The maximum Gasteiger partial charge on any atom is 0.338 e. The van der Waals surface area contributed by atoms with E-state index in [1.54, 1.807) is 18.2 Å². The van der Waals surface area contributed by atoms with Gasteiger partial charge in [0.15, 0.2) is 0 Å². The van der Waals surface area contributed by atoms with Crippen LogP contribution in [0.5, 0.6) is 5.75 Å². The fourth-order valence-corrected chi connectivity index (χ4v) is 3.08. The maximum atomic E-state index is 12.3. The van der Waals surface area contributed by atoms with E-state index in [-0.39, 0.29) is 12.1 Å². The highest BCUT2D eigenvalue weighted by molar-refractivity contribution is 5.90. The Kier molecular flexibility index (Phi) is 7.93. The summed E-state index contributed by atoms with van der Waals surface area (Å²) in [6.45, 7) is 2.84. The van der Waals surface area contributed by atoms with Crippen molar-refractivity contribution in [3.8, 4) is 5.75 Å². The van der Waals surface area contributed by atoms with Crippen LogP contribution in [0.3, 0.4) is 0 Å². The molecule has 1 saturated carbocycles. The van der Waals surface area contributed by atoms with E-state index in [1.165, 1.54) is 25.7 Å². The standard InChI is InChI=1S/C20H31NO3/c1-2-3-4-5-9-14-23-19-15-16(12-13-18(19)21)20(22)24-17-10-7-6-8-11-17/h12-13,15,17H,2-11,14,21H2,1H3. The molecule has 1 aliphatic carbocycles. The fourth-order valence-electron chi connectivity index (χ4n) is 3.08. The van der Waals surface area contributed by atoms with Crippen molar-refractivity contribution < 1.29 is 14.3 Å². The zero-order valence-electron chi connectivity index (χ0n) is 14.9. The Hall–Kier alpha value is -1.71. The van der Waals surface area contributed by atoms with Crippen LogP contribution in [0.1, 0.15) is 81.5 Å². The molecular formula is C20H31NO3. The largest absolute Gasteiger partial charge is 0.491 e. The van der Waals surface area contributed by atoms with Crippen LogP contribution in [0.4, 0.5) is 5.69 Å². The molecule has 0 atom stereocenters. The van der Waals surface area contributed by atoms with Crippen molar-refractivity contribution in [3.63, 3.8) is 0 Å². The number of hydrogen-bond acceptors (Lipinski definition) is 4. The Morgan fingerprint density at radius 2 is 1.88 bits per heavy atom. The van der Waals surface area contributed by atoms with Crippen LogP contribution in [0, 0.1) is 0 Å². The van der Waals surface area contributed by atoms with Crippen molar-refractivity contribution in [2.24, 2.45) is 0 Å². The van der Waals surface area contributed by atoms with Crippen molar-refractivity contribution in [2.45, 2.75) is 77.2 Å². The van der Waals surface area contributed by atoms with Crippen molar-refractivity contribution in [3.05, 3.63) is 23.8 Å². The zero-order valence-corrected chi connectivity index (χ0v) is 14.9. The number of ether oxygens (including phenoxy) is 2. The average Bonchev–Trinajstić information content (AvgIpc) is 2.60. The Morgan fingerprint density at radius 1 is 1.12 bits per heavy atom. The summed E-state index contributed by atoms with van der Waals surface area (Å²) >= 11 is 0. The van der Waals surface area contributed by atoms with E-state index in [9.17, 15) is 4.79 Å². The summed E-state index contributed by atoms with van der Waals surface area (Å²) in [4.78, 5) is 12.3. The van der Waals surface area contributed by atoms with E-state index in [4.69, 9.17) is 15.2 Å². The summed E-state index contributed by atoms with van der Waals surface area (Å²) in [5.74, 6) is 0.318. The maximum absolute atomic E-state index is 12.3. The Labute approximate surface area is 145 Å². The van der Waals surface area contributed by atoms with Crippen LogP contribution in [-0.2, 0) is 4.74 Å². The molecule has 1 aromatic carbocycles. The topological polar surface area (TPSA) is 61.5 Å². The zero-order chi connectivity index (χ0) is 17.2. The summed E-state index contributed by atoms with van der Waals surface area (Å²) < 4.78 is 11.4. The van der Waals surface area contributed by atoms with Gasteiger partial charge in [0.25, 0.3) is 0 Å². The van der Waals surface area contributed by atoms with E-state index in [2.05, 4.69) is 6.92 Å². The van der Waals surface area contributed by atoms with Gasteiger partial charge in [0.2, 0.25) is 0 Å². The number of carbonyl (C=O) groups excluding carboxylic acids is 1. The van der Waals surface area contributed by atoms with Gasteiger partial charge in [-0.1, -0.05) is 39.0 Å². The molecule has 0 aliphatic heterocycles. The van der Waals surface area contributed by atoms with Crippen molar-refractivity contribution in [1.82, 2.24) is 0 Å². The Bertz CT molecular complexity index is 510. The molecule has 0 spiro atoms. The third kappa shape index (κ3) is 6.06. The first kappa shape index (κ1) is 18.6. The molecule has 1 aromatic rings. The molecule has 0 bridgehead atoms. The third-order valence-corrected chi connectivity index (χ3v) is 4.58. The number of anilines is 1. The van der Waals surface area contributed by atoms with E-state index in [0.717, 1.165) is 38.5 Å². The molecule has 0 aromatic heterocycles. The number of nitrogen functional groups attached to an aromatic ring is 1. The highest BCUT2D eigenvalue weighted by Crippen LogP contribution is 2.26. The minimum absolute atomic E-state index is 0.0618. The molecule has 4 nitrogen and oxygen atoms in total. The summed E-state index contributed by atoms with van der Waals surface area (Å²) in [6, 6.07) is 5.16. The van der Waals surface area contributed by atoms with Gasteiger partial charge in [0.05, 0.1) is 17.9 Å². The van der Waals surface area contributed by atoms with Crippen LogP contribution in [0.25, 0.3) is 0 Å². The number of rotatable bonds is 9. The first-order valence-electron chi connectivity index (χ1n) is 9.44. The van der Waals surface area contributed by atoms with E-state index in [0.29, 0.717) is 23.6 Å². The summed E-state index contributed by atoms with van der Waals surface area (Å²) in [7, 11) is 0. The van der Waals surface area contributed by atoms with Crippen LogP contribution in [0.15, 0.2) is 18.2 Å². The molecule has 0 radical (unpaired) electrons. The lowest BCUT2D eigenvalue weighted by molar-refractivity contribution is 0.0211. The molecule has 1 fully saturated rings. The number of hydrogen-bond donors (Lipinski definition) is 1. The van der Waals surface area contributed by atoms with Gasteiger partial charge in [-0.3, -0.25) is 0 Å². The molecule has 134 valence electrons. The van der Waals surface area contributed by atoms with Gasteiger partial charge in [0.1, 0.15) is 11.9 Å². The molecule has 2 N–H and O–H groups in total. The predicted octanol–water partition coefficient (Wildman–Crippen LogP) is 5.11. The molecule has 1 aliphatic rings. The van der Waals surface area contributed by atoms with E-state index >= 15 is 0 Å². The Balaban J connectivity index is 1.83. The molecule has 4 heteroatoms. The lowest BCUT2D eigenvalue weighted by Gasteiger charge is -2.22. The second-order valence-electron chi connectivity index (χ2n) is 6.68. The molecule has 2 rings (SSSR count). The number of benzene rings is 1. The van der Waals surface area contributed by atoms with Gasteiger partial charge in [-0.15, -0.1) is 0 Å². The van der Waals surface area contributed by atoms with E-state index < -0.39 is 0 Å². The van der Waals surface area contributed by atoms with Crippen molar-refractivity contribution in [1.29, 1.82) is 0 Å². The smallest absolute Gasteiger partial charge is 0.338 e. The summed E-state index contributed by atoms with van der Waals surface area (Å²) in [6.07, 6.45) is 11.5. The van der Waals surface area contributed by atoms with Gasteiger partial charge in [0, 0.05) is 0 Å². The minimum atomic E-state index is -0.269.